The first-order valence-electron chi connectivity index (χ1n) is 9.13. The Morgan fingerprint density at radius 3 is 2.41 bits per heavy atom. The van der Waals surface area contributed by atoms with E-state index in [0.29, 0.717) is 28.6 Å². The highest BCUT2D eigenvalue weighted by molar-refractivity contribution is 6.05. The molecule has 5 nitrogen and oxygen atoms in total. The summed E-state index contributed by atoms with van der Waals surface area (Å²) in [6, 6.07) is 22.5. The van der Waals surface area contributed by atoms with Crippen LogP contribution in [0.15, 0.2) is 84.4 Å². The predicted molar refractivity (Wildman–Crippen MR) is 108 cm³/mol. The first-order chi connectivity index (χ1) is 14.2. The molecule has 0 atom stereocenters. The third-order valence-electron chi connectivity index (χ3n) is 4.56. The number of carbonyl (C=O) groups excluding carboxylic acids is 1. The normalized spacial score (nSPS) is 15.9. The number of hydrogen-bond acceptors (Lipinski definition) is 5. The van der Waals surface area contributed by atoms with Gasteiger partial charge in [0.15, 0.2) is 11.5 Å². The molecular weight excluding hydrogens is 368 g/mol. The van der Waals surface area contributed by atoms with Gasteiger partial charge in [0.05, 0.1) is 5.57 Å². The Balaban J connectivity index is 1.35. The second-order valence-electron chi connectivity index (χ2n) is 6.55. The van der Waals surface area contributed by atoms with Crippen molar-refractivity contribution in [3.8, 4) is 23.0 Å². The first kappa shape index (κ1) is 17.1. The molecule has 0 fully saturated rings. The topological polar surface area (TPSA) is 54.0 Å². The fourth-order valence-corrected chi connectivity index (χ4v) is 3.13. The Morgan fingerprint density at radius 2 is 1.59 bits per heavy atom. The van der Waals surface area contributed by atoms with Crippen molar-refractivity contribution in [1.82, 2.24) is 0 Å². The van der Waals surface area contributed by atoms with Gasteiger partial charge < -0.3 is 18.9 Å². The quantitative estimate of drug-likeness (QED) is 0.458. The van der Waals surface area contributed by atoms with E-state index >= 15 is 0 Å². The molecular formula is C24H16O5. The highest BCUT2D eigenvalue weighted by Crippen LogP contribution is 2.34. The molecule has 5 rings (SSSR count). The molecule has 29 heavy (non-hydrogen) atoms. The maximum Gasteiger partial charge on any atom is 0.343 e. The Morgan fingerprint density at radius 1 is 0.828 bits per heavy atom. The standard InChI is InChI=1S/C24H16O5/c25-24-18(12-16-6-11-21-23(13-16)27-15-26-21)14-22(29-24)17-7-9-20(10-8-17)28-19-4-2-1-3-5-19/h1-14H,15H2/b18-12+. The van der Waals surface area contributed by atoms with E-state index in [2.05, 4.69) is 0 Å². The average molecular weight is 384 g/mol. The van der Waals surface area contributed by atoms with Gasteiger partial charge in [-0.15, -0.1) is 0 Å². The maximum absolute atomic E-state index is 12.3. The molecule has 0 aliphatic carbocycles. The van der Waals surface area contributed by atoms with Crippen LogP contribution in [0.3, 0.4) is 0 Å². The SMILES string of the molecule is O=C1OC(c2ccc(Oc3ccccc3)cc2)=C/C1=C\c1ccc2c(c1)OCO2. The van der Waals surface area contributed by atoms with Gasteiger partial charge in [0.25, 0.3) is 0 Å². The van der Waals surface area contributed by atoms with E-state index in [1.54, 1.807) is 12.2 Å². The lowest BCUT2D eigenvalue weighted by Crippen LogP contribution is -1.97. The molecule has 3 aromatic rings. The van der Waals surface area contributed by atoms with Gasteiger partial charge in [0.1, 0.15) is 17.3 Å². The summed E-state index contributed by atoms with van der Waals surface area (Å²) >= 11 is 0. The number of ether oxygens (including phenoxy) is 4. The fraction of sp³-hybridized carbons (Fsp3) is 0.0417. The lowest BCUT2D eigenvalue weighted by Gasteiger charge is -2.06. The Kier molecular flexibility index (Phi) is 4.26. The average Bonchev–Trinajstić information content (AvgIpc) is 3.36. The van der Waals surface area contributed by atoms with Crippen molar-refractivity contribution < 1.29 is 23.7 Å². The van der Waals surface area contributed by atoms with Crippen LogP contribution in [-0.4, -0.2) is 12.8 Å². The van der Waals surface area contributed by atoms with Gasteiger partial charge in [-0.3, -0.25) is 0 Å². The van der Waals surface area contributed by atoms with Crippen LogP contribution < -0.4 is 14.2 Å². The van der Waals surface area contributed by atoms with Crippen molar-refractivity contribution in [2.24, 2.45) is 0 Å². The second kappa shape index (κ2) is 7.20. The summed E-state index contributed by atoms with van der Waals surface area (Å²) in [6.45, 7) is 0.214. The van der Waals surface area contributed by atoms with E-state index in [9.17, 15) is 4.79 Å². The van der Waals surface area contributed by atoms with Crippen molar-refractivity contribution in [2.45, 2.75) is 0 Å². The number of esters is 1. The highest BCUT2D eigenvalue weighted by Gasteiger charge is 2.22. The molecule has 142 valence electrons. The van der Waals surface area contributed by atoms with Crippen LogP contribution in [0.5, 0.6) is 23.0 Å². The second-order valence-corrected chi connectivity index (χ2v) is 6.55. The Bertz CT molecular complexity index is 1130. The number of rotatable bonds is 4. The van der Waals surface area contributed by atoms with Crippen molar-refractivity contribution >= 4 is 17.8 Å². The summed E-state index contributed by atoms with van der Waals surface area (Å²) in [6.07, 6.45) is 3.50. The molecule has 2 aliphatic heterocycles. The molecule has 0 unspecified atom stereocenters. The largest absolute Gasteiger partial charge is 0.457 e. The van der Waals surface area contributed by atoms with E-state index in [-0.39, 0.29) is 12.8 Å². The first-order valence-corrected chi connectivity index (χ1v) is 9.13. The smallest absolute Gasteiger partial charge is 0.343 e. The zero-order valence-electron chi connectivity index (χ0n) is 15.3. The van der Waals surface area contributed by atoms with Crippen molar-refractivity contribution in [1.29, 1.82) is 0 Å². The van der Waals surface area contributed by atoms with Crippen LogP contribution >= 0.6 is 0 Å². The molecule has 2 aliphatic rings. The van der Waals surface area contributed by atoms with Gasteiger partial charge >= 0.3 is 5.97 Å². The number of fused-ring (bicyclic) bond motifs is 1. The summed E-state index contributed by atoms with van der Waals surface area (Å²) in [5.74, 6) is 2.97. The van der Waals surface area contributed by atoms with Gasteiger partial charge in [0.2, 0.25) is 6.79 Å². The maximum atomic E-state index is 12.3. The lowest BCUT2D eigenvalue weighted by molar-refractivity contribution is -0.130. The minimum absolute atomic E-state index is 0.214. The monoisotopic (exact) mass is 384 g/mol. The molecule has 0 amide bonds. The Hall–Kier alpha value is -3.99. The molecule has 2 heterocycles. The highest BCUT2D eigenvalue weighted by atomic mass is 16.7. The van der Waals surface area contributed by atoms with E-state index < -0.39 is 0 Å². The fourth-order valence-electron chi connectivity index (χ4n) is 3.13. The van der Waals surface area contributed by atoms with Gasteiger partial charge in [-0.05, 0) is 66.2 Å². The number of carbonyl (C=O) groups is 1. The van der Waals surface area contributed by atoms with Crippen molar-refractivity contribution in [3.63, 3.8) is 0 Å². The van der Waals surface area contributed by atoms with Crippen LogP contribution in [0, 0.1) is 0 Å². The molecule has 0 N–H and O–H groups in total. The van der Waals surface area contributed by atoms with Crippen LogP contribution in [0.1, 0.15) is 11.1 Å². The van der Waals surface area contributed by atoms with Gasteiger partial charge in [-0.1, -0.05) is 24.3 Å². The van der Waals surface area contributed by atoms with Crippen LogP contribution in [0.2, 0.25) is 0 Å². The summed E-state index contributed by atoms with van der Waals surface area (Å²) < 4.78 is 21.9. The molecule has 0 saturated heterocycles. The van der Waals surface area contributed by atoms with Crippen LogP contribution in [-0.2, 0) is 9.53 Å². The zero-order chi connectivity index (χ0) is 19.6. The molecule has 0 bridgehead atoms. The number of benzene rings is 3. The third-order valence-corrected chi connectivity index (χ3v) is 4.56. The number of hydrogen-bond donors (Lipinski definition) is 0. The van der Waals surface area contributed by atoms with Gasteiger partial charge in [-0.25, -0.2) is 4.79 Å². The van der Waals surface area contributed by atoms with Crippen LogP contribution in [0.4, 0.5) is 0 Å². The van der Waals surface area contributed by atoms with E-state index in [1.165, 1.54) is 0 Å². The van der Waals surface area contributed by atoms with E-state index in [4.69, 9.17) is 18.9 Å². The van der Waals surface area contributed by atoms with E-state index in [0.717, 1.165) is 16.9 Å². The summed E-state index contributed by atoms with van der Waals surface area (Å²) in [4.78, 5) is 12.3. The summed E-state index contributed by atoms with van der Waals surface area (Å²) in [7, 11) is 0. The zero-order valence-corrected chi connectivity index (χ0v) is 15.3. The van der Waals surface area contributed by atoms with Crippen LogP contribution in [0.25, 0.3) is 11.8 Å². The summed E-state index contributed by atoms with van der Waals surface area (Å²) in [5.41, 5.74) is 2.11. The minimum Gasteiger partial charge on any atom is -0.457 e. The third kappa shape index (κ3) is 3.58. The summed E-state index contributed by atoms with van der Waals surface area (Å²) in [5, 5.41) is 0. The lowest BCUT2D eigenvalue weighted by atomic mass is 10.1. The molecule has 0 aromatic heterocycles. The molecule has 3 aromatic carbocycles. The van der Waals surface area contributed by atoms with Crippen molar-refractivity contribution in [2.75, 3.05) is 6.79 Å². The Labute approximate surface area is 167 Å². The molecule has 0 spiro atoms. The molecule has 0 saturated carbocycles. The minimum atomic E-state index is -0.387. The molecule has 5 heteroatoms. The molecule has 0 radical (unpaired) electrons. The van der Waals surface area contributed by atoms with Crippen molar-refractivity contribution in [3.05, 3.63) is 95.6 Å². The number of cyclic esters (lactones) is 1. The van der Waals surface area contributed by atoms with Gasteiger partial charge in [0, 0.05) is 5.56 Å². The predicted octanol–water partition coefficient (Wildman–Crippen LogP) is 5.19. The van der Waals surface area contributed by atoms with E-state index in [1.807, 2.05) is 72.8 Å². The number of para-hydroxylation sites is 1. The van der Waals surface area contributed by atoms with Gasteiger partial charge in [-0.2, -0.15) is 0 Å².